The highest BCUT2D eigenvalue weighted by atomic mass is 79.9. The SMILES string of the molecule is CCCCCCCC(Br)OP(=O)(O)O. The Morgan fingerprint density at radius 3 is 2.36 bits per heavy atom. The van der Waals surface area contributed by atoms with Crippen molar-refractivity contribution < 1.29 is 18.9 Å². The van der Waals surface area contributed by atoms with Gasteiger partial charge in [-0.2, -0.15) is 0 Å². The van der Waals surface area contributed by atoms with E-state index in [1.165, 1.54) is 19.3 Å². The number of hydrogen-bond donors (Lipinski definition) is 2. The molecule has 0 heterocycles. The van der Waals surface area contributed by atoms with Gasteiger partial charge in [-0.1, -0.05) is 48.5 Å². The molecule has 0 radical (unpaired) electrons. The summed E-state index contributed by atoms with van der Waals surface area (Å²) in [5, 5.41) is -0.537. The maximum atomic E-state index is 10.4. The number of rotatable bonds is 8. The molecule has 0 aliphatic rings. The Labute approximate surface area is 93.4 Å². The van der Waals surface area contributed by atoms with Crippen LogP contribution in [-0.2, 0) is 9.09 Å². The third-order valence-electron chi connectivity index (χ3n) is 1.79. The molecule has 0 aliphatic carbocycles. The highest BCUT2D eigenvalue weighted by molar-refractivity contribution is 9.09. The summed E-state index contributed by atoms with van der Waals surface area (Å²) in [6.45, 7) is 2.14. The van der Waals surface area contributed by atoms with Gasteiger partial charge in [-0.05, 0) is 12.8 Å². The number of unbranched alkanes of at least 4 members (excludes halogenated alkanes) is 4. The van der Waals surface area contributed by atoms with E-state index in [4.69, 9.17) is 9.79 Å². The van der Waals surface area contributed by atoms with Crippen molar-refractivity contribution in [2.75, 3.05) is 0 Å². The van der Waals surface area contributed by atoms with Crippen LogP contribution in [0.5, 0.6) is 0 Å². The molecule has 0 rings (SSSR count). The maximum Gasteiger partial charge on any atom is 0.470 e. The smallest absolute Gasteiger partial charge is 0.303 e. The highest BCUT2D eigenvalue weighted by Crippen LogP contribution is 2.40. The van der Waals surface area contributed by atoms with E-state index >= 15 is 0 Å². The third kappa shape index (κ3) is 10.7. The molecular formula is C8H18BrO4P. The number of alkyl halides is 1. The summed E-state index contributed by atoms with van der Waals surface area (Å²) in [5.74, 6) is 0. The van der Waals surface area contributed by atoms with Gasteiger partial charge in [-0.25, -0.2) is 4.57 Å². The molecule has 0 spiro atoms. The molecule has 0 saturated carbocycles. The van der Waals surface area contributed by atoms with E-state index in [2.05, 4.69) is 27.4 Å². The van der Waals surface area contributed by atoms with E-state index in [0.717, 1.165) is 12.8 Å². The fourth-order valence-electron chi connectivity index (χ4n) is 1.11. The van der Waals surface area contributed by atoms with Crippen LogP contribution in [-0.4, -0.2) is 14.8 Å². The van der Waals surface area contributed by atoms with Crippen LogP contribution < -0.4 is 0 Å². The average Bonchev–Trinajstić information content (AvgIpc) is 2.00. The van der Waals surface area contributed by atoms with E-state index in [1.807, 2.05) is 0 Å². The van der Waals surface area contributed by atoms with Crippen molar-refractivity contribution in [3.63, 3.8) is 0 Å². The van der Waals surface area contributed by atoms with E-state index in [9.17, 15) is 4.57 Å². The normalized spacial score (nSPS) is 14.3. The van der Waals surface area contributed by atoms with Gasteiger partial charge in [0.2, 0.25) is 0 Å². The first-order valence-corrected chi connectivity index (χ1v) is 7.28. The van der Waals surface area contributed by atoms with Crippen LogP contribution in [0.2, 0.25) is 0 Å². The standard InChI is InChI=1S/C8H18BrO4P/c1-2-3-4-5-6-7-8(9)13-14(10,11)12/h8H,2-7H2,1H3,(H2,10,11,12). The molecular weight excluding hydrogens is 271 g/mol. The maximum absolute atomic E-state index is 10.4. The molecule has 1 unspecified atom stereocenters. The minimum absolute atomic E-state index is 0.537. The molecule has 1 atom stereocenters. The first kappa shape index (κ1) is 14.6. The van der Waals surface area contributed by atoms with Gasteiger partial charge in [0.1, 0.15) is 5.01 Å². The molecule has 0 saturated heterocycles. The summed E-state index contributed by atoms with van der Waals surface area (Å²) in [6.07, 6.45) is 6.22. The molecule has 14 heavy (non-hydrogen) atoms. The molecule has 0 bridgehead atoms. The summed E-state index contributed by atoms with van der Waals surface area (Å²) in [7, 11) is -4.33. The molecule has 0 aromatic rings. The van der Waals surface area contributed by atoms with Gasteiger partial charge in [0.25, 0.3) is 0 Å². The summed E-state index contributed by atoms with van der Waals surface area (Å²) in [4.78, 5) is 17.0. The van der Waals surface area contributed by atoms with Gasteiger partial charge in [-0.15, -0.1) is 0 Å². The van der Waals surface area contributed by atoms with Crippen molar-refractivity contribution in [3.05, 3.63) is 0 Å². The molecule has 0 fully saturated rings. The van der Waals surface area contributed by atoms with E-state index < -0.39 is 12.8 Å². The van der Waals surface area contributed by atoms with Crippen molar-refractivity contribution in [2.24, 2.45) is 0 Å². The summed E-state index contributed by atoms with van der Waals surface area (Å²) < 4.78 is 14.8. The van der Waals surface area contributed by atoms with E-state index in [0.29, 0.717) is 6.42 Å². The van der Waals surface area contributed by atoms with Crippen LogP contribution in [0.4, 0.5) is 0 Å². The molecule has 0 aromatic carbocycles. The Hall–Kier alpha value is 0.590. The van der Waals surface area contributed by atoms with E-state index in [1.54, 1.807) is 0 Å². The number of hydrogen-bond acceptors (Lipinski definition) is 2. The summed E-state index contributed by atoms with van der Waals surface area (Å²) >= 11 is 3.07. The Bertz CT molecular complexity index is 182. The highest BCUT2D eigenvalue weighted by Gasteiger charge is 2.19. The Balaban J connectivity index is 3.36. The number of phosphoric ester groups is 1. The lowest BCUT2D eigenvalue weighted by atomic mass is 10.1. The van der Waals surface area contributed by atoms with Gasteiger partial charge in [-0.3, -0.25) is 4.52 Å². The molecule has 0 aliphatic heterocycles. The van der Waals surface area contributed by atoms with Crippen molar-refractivity contribution in [3.8, 4) is 0 Å². The number of phosphoric acid groups is 1. The van der Waals surface area contributed by atoms with Crippen LogP contribution in [0.3, 0.4) is 0 Å². The van der Waals surface area contributed by atoms with Gasteiger partial charge in [0, 0.05) is 0 Å². The van der Waals surface area contributed by atoms with Gasteiger partial charge < -0.3 is 9.79 Å². The molecule has 6 heteroatoms. The van der Waals surface area contributed by atoms with Gasteiger partial charge in [0.05, 0.1) is 0 Å². The van der Waals surface area contributed by atoms with Crippen molar-refractivity contribution >= 4 is 23.8 Å². The van der Waals surface area contributed by atoms with Crippen LogP contribution in [0.25, 0.3) is 0 Å². The molecule has 0 amide bonds. The summed E-state index contributed by atoms with van der Waals surface area (Å²) in [5.41, 5.74) is 0. The van der Waals surface area contributed by atoms with Crippen LogP contribution in [0.15, 0.2) is 0 Å². The lowest BCUT2D eigenvalue weighted by Crippen LogP contribution is -2.02. The molecule has 2 N–H and O–H groups in total. The topological polar surface area (TPSA) is 66.8 Å². The second kappa shape index (κ2) is 7.83. The predicted octanol–water partition coefficient (Wildman–Crippen LogP) is 3.18. The van der Waals surface area contributed by atoms with Crippen molar-refractivity contribution in [1.29, 1.82) is 0 Å². The van der Waals surface area contributed by atoms with Crippen molar-refractivity contribution in [2.45, 2.75) is 50.5 Å². The minimum Gasteiger partial charge on any atom is -0.303 e. The lowest BCUT2D eigenvalue weighted by Gasteiger charge is -2.11. The Morgan fingerprint density at radius 1 is 1.29 bits per heavy atom. The van der Waals surface area contributed by atoms with Crippen LogP contribution >= 0.6 is 23.8 Å². The zero-order valence-electron chi connectivity index (χ0n) is 8.36. The largest absolute Gasteiger partial charge is 0.470 e. The molecule has 4 nitrogen and oxygen atoms in total. The minimum atomic E-state index is -4.33. The second-order valence-electron chi connectivity index (χ2n) is 3.21. The predicted molar refractivity (Wildman–Crippen MR) is 59.2 cm³/mol. The fourth-order valence-corrected chi connectivity index (χ4v) is 2.49. The lowest BCUT2D eigenvalue weighted by molar-refractivity contribution is 0.179. The zero-order valence-corrected chi connectivity index (χ0v) is 10.8. The molecule has 0 aromatic heterocycles. The Kier molecular flexibility index (Phi) is 8.16. The monoisotopic (exact) mass is 288 g/mol. The first-order chi connectivity index (χ1) is 6.45. The first-order valence-electron chi connectivity index (χ1n) is 4.83. The fraction of sp³-hybridized carbons (Fsp3) is 1.00. The Morgan fingerprint density at radius 2 is 1.86 bits per heavy atom. The van der Waals surface area contributed by atoms with Crippen molar-refractivity contribution in [1.82, 2.24) is 0 Å². The van der Waals surface area contributed by atoms with Gasteiger partial charge >= 0.3 is 7.82 Å². The van der Waals surface area contributed by atoms with Gasteiger partial charge in [0.15, 0.2) is 0 Å². The summed E-state index contributed by atoms with van der Waals surface area (Å²) in [6, 6.07) is 0. The average molecular weight is 289 g/mol. The van der Waals surface area contributed by atoms with Crippen LogP contribution in [0.1, 0.15) is 45.4 Å². The number of halogens is 1. The second-order valence-corrected chi connectivity index (χ2v) is 5.42. The zero-order chi connectivity index (χ0) is 11.0. The third-order valence-corrected chi connectivity index (χ3v) is 3.25. The molecule has 86 valence electrons. The van der Waals surface area contributed by atoms with E-state index in [-0.39, 0.29) is 0 Å². The van der Waals surface area contributed by atoms with Crippen LogP contribution in [0, 0.1) is 0 Å². The quantitative estimate of drug-likeness (QED) is 0.409.